The van der Waals surface area contributed by atoms with Gasteiger partial charge in [0.05, 0.1) is 6.04 Å². The summed E-state index contributed by atoms with van der Waals surface area (Å²) in [7, 11) is 0. The molecule has 1 atom stereocenters. The Labute approximate surface area is 147 Å². The van der Waals surface area contributed by atoms with E-state index in [1.165, 1.54) is 0 Å². The molecule has 0 aliphatic carbocycles. The highest BCUT2D eigenvalue weighted by Gasteiger charge is 2.13. The second-order valence-electron chi connectivity index (χ2n) is 5.78. The van der Waals surface area contributed by atoms with Crippen molar-refractivity contribution in [3.05, 3.63) is 72.2 Å². The molecule has 5 nitrogen and oxygen atoms in total. The van der Waals surface area contributed by atoms with Gasteiger partial charge in [-0.1, -0.05) is 37.3 Å². The Hall–Kier alpha value is -2.79. The second-order valence-corrected chi connectivity index (χ2v) is 5.78. The quantitative estimate of drug-likeness (QED) is 0.690. The Bertz CT molecular complexity index is 793. The molecule has 0 saturated heterocycles. The van der Waals surface area contributed by atoms with E-state index in [4.69, 9.17) is 0 Å². The van der Waals surface area contributed by atoms with Crippen molar-refractivity contribution >= 4 is 5.82 Å². The van der Waals surface area contributed by atoms with Gasteiger partial charge in [-0.05, 0) is 30.5 Å². The first-order valence-corrected chi connectivity index (χ1v) is 8.51. The topological polar surface area (TPSA) is 70.9 Å². The van der Waals surface area contributed by atoms with Crippen molar-refractivity contribution in [1.29, 1.82) is 0 Å². The van der Waals surface area contributed by atoms with E-state index in [1.807, 2.05) is 36.4 Å². The van der Waals surface area contributed by atoms with Gasteiger partial charge < -0.3 is 10.4 Å². The van der Waals surface area contributed by atoms with Crippen LogP contribution >= 0.6 is 0 Å². The number of hydrogen-bond acceptors (Lipinski definition) is 5. The monoisotopic (exact) mass is 334 g/mol. The lowest BCUT2D eigenvalue weighted by molar-refractivity contribution is 0.280. The molecule has 128 valence electrons. The molecule has 0 bridgehead atoms. The Morgan fingerprint density at radius 1 is 1.04 bits per heavy atom. The molecule has 0 amide bonds. The summed E-state index contributed by atoms with van der Waals surface area (Å²) >= 11 is 0. The van der Waals surface area contributed by atoms with E-state index < -0.39 is 0 Å². The number of anilines is 1. The average molecular weight is 334 g/mol. The van der Waals surface area contributed by atoms with Gasteiger partial charge in [0.2, 0.25) is 0 Å². The summed E-state index contributed by atoms with van der Waals surface area (Å²) < 4.78 is 0. The first-order chi connectivity index (χ1) is 12.3. The van der Waals surface area contributed by atoms with E-state index in [0.29, 0.717) is 12.2 Å². The van der Waals surface area contributed by atoms with Crippen molar-refractivity contribution in [3.63, 3.8) is 0 Å². The highest BCUT2D eigenvalue weighted by Crippen LogP contribution is 2.24. The van der Waals surface area contributed by atoms with Crippen LogP contribution in [0.2, 0.25) is 0 Å². The van der Waals surface area contributed by atoms with Crippen molar-refractivity contribution in [2.75, 3.05) is 11.9 Å². The number of aryl methyl sites for hydroxylation is 1. The molecular weight excluding hydrogens is 312 g/mol. The molecular formula is C20H22N4O. The normalized spacial score (nSPS) is 11.9. The van der Waals surface area contributed by atoms with Crippen LogP contribution in [0.25, 0.3) is 11.4 Å². The lowest BCUT2D eigenvalue weighted by atomic mass is 10.0. The summed E-state index contributed by atoms with van der Waals surface area (Å²) in [6, 6.07) is 15.9. The third-order valence-corrected chi connectivity index (χ3v) is 4.02. The first-order valence-electron chi connectivity index (χ1n) is 8.51. The number of aromatic nitrogens is 3. The number of nitrogens with one attached hydrogen (secondary N) is 1. The fraction of sp³-hybridized carbons (Fsp3) is 0.250. The van der Waals surface area contributed by atoms with Crippen molar-refractivity contribution in [2.24, 2.45) is 0 Å². The summed E-state index contributed by atoms with van der Waals surface area (Å²) in [4.78, 5) is 13.3. The maximum Gasteiger partial charge on any atom is 0.161 e. The SMILES string of the molecule is CCc1cc(N[C@@H](CCO)c2ccccc2)nc(-c2ccncc2)n1. The van der Waals surface area contributed by atoms with E-state index in [2.05, 4.69) is 39.3 Å². The van der Waals surface area contributed by atoms with Crippen molar-refractivity contribution in [3.8, 4) is 11.4 Å². The number of nitrogens with zero attached hydrogens (tertiary/aromatic N) is 3. The van der Waals surface area contributed by atoms with E-state index in [9.17, 15) is 5.11 Å². The number of rotatable bonds is 7. The predicted molar refractivity (Wildman–Crippen MR) is 99.1 cm³/mol. The van der Waals surface area contributed by atoms with Crippen molar-refractivity contribution in [1.82, 2.24) is 15.0 Å². The summed E-state index contributed by atoms with van der Waals surface area (Å²) in [5.74, 6) is 1.45. The Balaban J connectivity index is 1.92. The van der Waals surface area contributed by atoms with Gasteiger partial charge in [0.25, 0.3) is 0 Å². The minimum absolute atomic E-state index is 0.00361. The number of aliphatic hydroxyl groups excluding tert-OH is 1. The molecule has 2 N–H and O–H groups in total. The van der Waals surface area contributed by atoms with Crippen LogP contribution in [0.15, 0.2) is 60.9 Å². The molecule has 0 saturated carbocycles. The predicted octanol–water partition coefficient (Wildman–Crippen LogP) is 3.64. The van der Waals surface area contributed by atoms with Crippen molar-refractivity contribution < 1.29 is 5.11 Å². The number of hydrogen-bond donors (Lipinski definition) is 2. The van der Waals surface area contributed by atoms with Crippen molar-refractivity contribution in [2.45, 2.75) is 25.8 Å². The van der Waals surface area contributed by atoms with Crippen LogP contribution in [0.1, 0.15) is 30.6 Å². The van der Waals surface area contributed by atoms with Gasteiger partial charge in [-0.25, -0.2) is 9.97 Å². The Morgan fingerprint density at radius 3 is 2.48 bits per heavy atom. The van der Waals surface area contributed by atoms with Gasteiger partial charge >= 0.3 is 0 Å². The summed E-state index contributed by atoms with van der Waals surface area (Å²) in [5.41, 5.74) is 3.03. The van der Waals surface area contributed by atoms with Crippen LogP contribution in [0.3, 0.4) is 0 Å². The maximum atomic E-state index is 9.43. The average Bonchev–Trinajstić information content (AvgIpc) is 2.69. The third-order valence-electron chi connectivity index (χ3n) is 4.02. The summed E-state index contributed by atoms with van der Waals surface area (Å²) in [5, 5.41) is 12.9. The molecule has 0 fully saturated rings. The van der Waals surface area contributed by atoms with Crippen LogP contribution in [0.4, 0.5) is 5.82 Å². The Morgan fingerprint density at radius 2 is 1.80 bits per heavy atom. The first kappa shape index (κ1) is 17.0. The van der Waals surface area contributed by atoms with Crippen LogP contribution in [-0.2, 0) is 6.42 Å². The van der Waals surface area contributed by atoms with Crippen LogP contribution in [-0.4, -0.2) is 26.7 Å². The number of pyridine rings is 1. The minimum atomic E-state index is -0.00361. The number of aliphatic hydroxyl groups is 1. The highest BCUT2D eigenvalue weighted by molar-refractivity contribution is 5.57. The fourth-order valence-corrected chi connectivity index (χ4v) is 2.70. The lowest BCUT2D eigenvalue weighted by Gasteiger charge is -2.19. The van der Waals surface area contributed by atoms with Crippen LogP contribution in [0, 0.1) is 0 Å². The standard InChI is InChI=1S/C20H22N4O/c1-2-17-14-19(24-20(22-17)16-8-11-21-12-9-16)23-18(10-13-25)15-6-4-3-5-7-15/h3-9,11-12,14,18,25H,2,10,13H2,1H3,(H,22,23,24)/t18-/m0/s1. The Kier molecular flexibility index (Phi) is 5.69. The highest BCUT2D eigenvalue weighted by atomic mass is 16.3. The largest absolute Gasteiger partial charge is 0.396 e. The van der Waals surface area contributed by atoms with Gasteiger partial charge in [0, 0.05) is 36.3 Å². The second kappa shape index (κ2) is 8.35. The molecule has 0 unspecified atom stereocenters. The zero-order valence-corrected chi connectivity index (χ0v) is 14.3. The molecule has 3 aromatic rings. The van der Waals surface area contributed by atoms with E-state index >= 15 is 0 Å². The zero-order chi connectivity index (χ0) is 17.5. The molecule has 5 heteroatoms. The van der Waals surface area contributed by atoms with E-state index in [-0.39, 0.29) is 12.6 Å². The molecule has 3 rings (SSSR count). The lowest BCUT2D eigenvalue weighted by Crippen LogP contribution is -2.14. The van der Waals surface area contributed by atoms with Gasteiger partial charge in [-0.15, -0.1) is 0 Å². The molecule has 0 radical (unpaired) electrons. The maximum absolute atomic E-state index is 9.43. The number of benzene rings is 1. The molecule has 0 spiro atoms. The molecule has 0 aliphatic heterocycles. The zero-order valence-electron chi connectivity index (χ0n) is 14.3. The van der Waals surface area contributed by atoms with Gasteiger partial charge in [0.1, 0.15) is 5.82 Å². The fourth-order valence-electron chi connectivity index (χ4n) is 2.70. The van der Waals surface area contributed by atoms with E-state index in [1.54, 1.807) is 12.4 Å². The molecule has 2 heterocycles. The summed E-state index contributed by atoms with van der Waals surface area (Å²) in [6.07, 6.45) is 4.91. The summed E-state index contributed by atoms with van der Waals surface area (Å²) in [6.45, 7) is 2.18. The molecule has 1 aromatic carbocycles. The molecule has 2 aromatic heterocycles. The molecule has 0 aliphatic rings. The van der Waals surface area contributed by atoms with E-state index in [0.717, 1.165) is 29.1 Å². The molecule has 25 heavy (non-hydrogen) atoms. The van der Waals surface area contributed by atoms with Gasteiger partial charge in [-0.2, -0.15) is 0 Å². The van der Waals surface area contributed by atoms with Crippen LogP contribution in [0.5, 0.6) is 0 Å². The van der Waals surface area contributed by atoms with Crippen LogP contribution < -0.4 is 5.32 Å². The van der Waals surface area contributed by atoms with Gasteiger partial charge in [0.15, 0.2) is 5.82 Å². The van der Waals surface area contributed by atoms with Gasteiger partial charge in [-0.3, -0.25) is 4.98 Å². The smallest absolute Gasteiger partial charge is 0.161 e. The third kappa shape index (κ3) is 4.39. The minimum Gasteiger partial charge on any atom is -0.396 e.